The van der Waals surface area contributed by atoms with Crippen LogP contribution < -0.4 is 10.1 Å². The van der Waals surface area contributed by atoms with Gasteiger partial charge in [-0.2, -0.15) is 0 Å². The molecule has 1 atom stereocenters. The summed E-state index contributed by atoms with van der Waals surface area (Å²) in [5.74, 6) is -1.30. The Morgan fingerprint density at radius 3 is 2.32 bits per heavy atom. The molecule has 0 aliphatic carbocycles. The van der Waals surface area contributed by atoms with Gasteiger partial charge in [0.15, 0.2) is 6.10 Å². The average Bonchev–Trinajstić information content (AvgIpc) is 2.90. The number of carbonyl (C=O) groups excluding carboxylic acids is 2. The predicted octanol–water partition coefficient (Wildman–Crippen LogP) is 6.36. The van der Waals surface area contributed by atoms with Gasteiger partial charge in [0.05, 0.1) is 18.8 Å². The van der Waals surface area contributed by atoms with E-state index in [1.807, 2.05) is 19.1 Å². The van der Waals surface area contributed by atoms with Gasteiger partial charge < -0.3 is 24.4 Å². The van der Waals surface area contributed by atoms with Crippen LogP contribution in [0, 0.1) is 11.6 Å². The van der Waals surface area contributed by atoms with Gasteiger partial charge in [0.25, 0.3) is 0 Å². The quantitative estimate of drug-likeness (QED) is 0.189. The summed E-state index contributed by atoms with van der Waals surface area (Å²) in [6.45, 7) is 7.44. The molecule has 0 saturated carbocycles. The number of benzene rings is 2. The van der Waals surface area contributed by atoms with Crippen LogP contribution in [0.15, 0.2) is 42.5 Å². The van der Waals surface area contributed by atoms with Gasteiger partial charge >= 0.3 is 12.0 Å². The van der Waals surface area contributed by atoms with E-state index in [1.54, 1.807) is 24.0 Å². The van der Waals surface area contributed by atoms with Crippen molar-refractivity contribution in [3.63, 3.8) is 0 Å². The van der Waals surface area contributed by atoms with Gasteiger partial charge in [0, 0.05) is 25.6 Å². The second-order valence-electron chi connectivity index (χ2n) is 8.85. The summed E-state index contributed by atoms with van der Waals surface area (Å²) >= 11 is 0. The molecule has 0 bridgehead atoms. The molecule has 0 fully saturated rings. The molecule has 210 valence electrons. The molecule has 0 heterocycles. The van der Waals surface area contributed by atoms with Gasteiger partial charge in [-0.15, -0.1) is 0 Å². The lowest BCUT2D eigenvalue weighted by molar-refractivity contribution is -0.156. The Labute approximate surface area is 224 Å². The summed E-state index contributed by atoms with van der Waals surface area (Å²) in [4.78, 5) is 26.5. The Morgan fingerprint density at radius 2 is 1.66 bits per heavy atom. The fourth-order valence-corrected chi connectivity index (χ4v) is 3.86. The first-order valence-corrected chi connectivity index (χ1v) is 13.4. The summed E-state index contributed by atoms with van der Waals surface area (Å²) in [5, 5.41) is 2.53. The number of esters is 1. The molecule has 9 heteroatoms. The van der Waals surface area contributed by atoms with Crippen molar-refractivity contribution >= 4 is 17.7 Å². The zero-order chi connectivity index (χ0) is 27.8. The third-order valence-electron chi connectivity index (χ3n) is 5.88. The Morgan fingerprint density at radius 1 is 0.921 bits per heavy atom. The van der Waals surface area contributed by atoms with Crippen molar-refractivity contribution in [3.05, 3.63) is 59.7 Å². The maximum atomic E-state index is 14.0. The number of nitrogens with one attached hydrogen (secondary N) is 1. The van der Waals surface area contributed by atoms with Crippen molar-refractivity contribution in [2.24, 2.45) is 0 Å². The van der Waals surface area contributed by atoms with Crippen molar-refractivity contribution in [1.29, 1.82) is 0 Å². The van der Waals surface area contributed by atoms with E-state index in [9.17, 15) is 18.4 Å². The van der Waals surface area contributed by atoms with Crippen LogP contribution in [0.1, 0.15) is 58.4 Å². The highest BCUT2D eigenvalue weighted by Crippen LogP contribution is 2.17. The van der Waals surface area contributed by atoms with Crippen LogP contribution in [0.2, 0.25) is 0 Å². The molecule has 2 rings (SSSR count). The second kappa shape index (κ2) is 17.3. The van der Waals surface area contributed by atoms with E-state index in [1.165, 1.54) is 6.07 Å². The maximum absolute atomic E-state index is 14.0. The topological polar surface area (TPSA) is 77.1 Å². The van der Waals surface area contributed by atoms with Crippen molar-refractivity contribution in [2.75, 3.05) is 38.2 Å². The van der Waals surface area contributed by atoms with Gasteiger partial charge in [-0.05, 0) is 50.1 Å². The SMILES string of the molecule is CCCCCCCN(CCOc1ccc(C[C@@H](OCC)C(=O)OCC)cc1)C(=O)Nc1ccc(F)cc1F. The van der Waals surface area contributed by atoms with E-state index in [-0.39, 0.29) is 18.3 Å². The standard InChI is InChI=1S/C29H40F2N2O5/c1-4-7-8-9-10-17-33(29(35)32-26-16-13-23(30)21-25(26)31)18-19-38-24-14-11-22(12-15-24)20-27(36-5-2)28(34)37-6-3/h11-16,21,27H,4-10,17-20H2,1-3H3,(H,32,35)/t27-/m1/s1. The number of amides is 2. The molecule has 2 amide bonds. The van der Waals surface area contributed by atoms with E-state index >= 15 is 0 Å². The Kier molecular flexibility index (Phi) is 14.2. The number of urea groups is 1. The molecule has 7 nitrogen and oxygen atoms in total. The first-order valence-electron chi connectivity index (χ1n) is 13.4. The van der Waals surface area contributed by atoms with E-state index in [0.717, 1.165) is 49.8 Å². The number of carbonyl (C=O) groups is 2. The molecule has 0 aromatic heterocycles. The Balaban J connectivity index is 1.94. The van der Waals surface area contributed by atoms with Crippen molar-refractivity contribution in [2.45, 2.75) is 65.4 Å². The number of halogens is 2. The fourth-order valence-electron chi connectivity index (χ4n) is 3.86. The molecule has 0 spiro atoms. The third-order valence-corrected chi connectivity index (χ3v) is 5.88. The number of hydrogen-bond donors (Lipinski definition) is 1. The minimum absolute atomic E-state index is 0.0722. The minimum Gasteiger partial charge on any atom is -0.492 e. The van der Waals surface area contributed by atoms with Crippen LogP contribution in [0.3, 0.4) is 0 Å². The van der Waals surface area contributed by atoms with Crippen LogP contribution in [0.5, 0.6) is 5.75 Å². The number of rotatable bonds is 17. The van der Waals surface area contributed by atoms with Gasteiger partial charge in [-0.1, -0.05) is 44.7 Å². The van der Waals surface area contributed by atoms with Crippen LogP contribution in [0.4, 0.5) is 19.3 Å². The molecule has 0 unspecified atom stereocenters. The number of hydrogen-bond acceptors (Lipinski definition) is 5. The minimum atomic E-state index is -0.827. The van der Waals surface area contributed by atoms with Gasteiger partial charge in [-0.3, -0.25) is 0 Å². The molecule has 0 saturated heterocycles. The van der Waals surface area contributed by atoms with Crippen LogP contribution in [-0.4, -0.2) is 55.9 Å². The summed E-state index contributed by atoms with van der Waals surface area (Å²) in [7, 11) is 0. The van der Waals surface area contributed by atoms with E-state index in [2.05, 4.69) is 12.2 Å². The first kappa shape index (κ1) is 31.0. The normalized spacial score (nSPS) is 11.6. The summed E-state index contributed by atoms with van der Waals surface area (Å²) in [5.41, 5.74) is 0.829. The van der Waals surface area contributed by atoms with Gasteiger partial charge in [0.1, 0.15) is 24.0 Å². The molecule has 0 aliphatic heterocycles. The summed E-state index contributed by atoms with van der Waals surface area (Å²) in [6.07, 6.45) is 4.87. The van der Waals surface area contributed by atoms with Gasteiger partial charge in [0.2, 0.25) is 0 Å². The van der Waals surface area contributed by atoms with E-state index < -0.39 is 23.8 Å². The Bertz CT molecular complexity index is 987. The number of unbranched alkanes of at least 4 members (excludes halogenated alkanes) is 4. The monoisotopic (exact) mass is 534 g/mol. The third kappa shape index (κ3) is 11.0. The highest BCUT2D eigenvalue weighted by molar-refractivity contribution is 5.89. The largest absolute Gasteiger partial charge is 0.492 e. The molecule has 38 heavy (non-hydrogen) atoms. The lowest BCUT2D eigenvalue weighted by atomic mass is 10.1. The number of anilines is 1. The van der Waals surface area contributed by atoms with E-state index in [4.69, 9.17) is 14.2 Å². The molecule has 0 aliphatic rings. The van der Waals surface area contributed by atoms with Crippen LogP contribution in [-0.2, 0) is 20.7 Å². The highest BCUT2D eigenvalue weighted by atomic mass is 19.1. The first-order chi connectivity index (χ1) is 18.4. The van der Waals surface area contributed by atoms with Crippen molar-refractivity contribution < 1.29 is 32.6 Å². The summed E-state index contributed by atoms with van der Waals surface area (Å²) in [6, 6.07) is 9.89. The fraction of sp³-hybridized carbons (Fsp3) is 0.517. The van der Waals surface area contributed by atoms with Gasteiger partial charge in [-0.25, -0.2) is 18.4 Å². The predicted molar refractivity (Wildman–Crippen MR) is 143 cm³/mol. The van der Waals surface area contributed by atoms with Crippen LogP contribution >= 0.6 is 0 Å². The lowest BCUT2D eigenvalue weighted by Gasteiger charge is -2.23. The molecular weight excluding hydrogens is 494 g/mol. The Hall–Kier alpha value is -3.20. The number of nitrogens with zero attached hydrogens (tertiary/aromatic N) is 1. The van der Waals surface area contributed by atoms with E-state index in [0.29, 0.717) is 38.5 Å². The van der Waals surface area contributed by atoms with Crippen molar-refractivity contribution in [3.8, 4) is 5.75 Å². The molecule has 2 aromatic rings. The average molecular weight is 535 g/mol. The maximum Gasteiger partial charge on any atom is 0.335 e. The molecule has 0 radical (unpaired) electrons. The number of ether oxygens (including phenoxy) is 3. The van der Waals surface area contributed by atoms with Crippen LogP contribution in [0.25, 0.3) is 0 Å². The molecular formula is C29H40F2N2O5. The smallest absolute Gasteiger partial charge is 0.335 e. The molecule has 2 aromatic carbocycles. The summed E-state index contributed by atoms with van der Waals surface area (Å²) < 4.78 is 43.7. The zero-order valence-electron chi connectivity index (χ0n) is 22.6. The van der Waals surface area contributed by atoms with Crippen molar-refractivity contribution in [1.82, 2.24) is 4.90 Å². The molecule has 1 N–H and O–H groups in total. The zero-order valence-corrected chi connectivity index (χ0v) is 22.6. The highest BCUT2D eigenvalue weighted by Gasteiger charge is 2.20. The lowest BCUT2D eigenvalue weighted by Crippen LogP contribution is -2.38. The second-order valence-corrected chi connectivity index (χ2v) is 8.85.